The SMILES string of the molecule is CCCn1c(SCC(=O)Nc2sc3c(c2C(=O)OCC)CCCC3)nnc1-c1cccs1. The minimum atomic E-state index is -0.349. The summed E-state index contributed by atoms with van der Waals surface area (Å²) in [6, 6.07) is 4.02. The van der Waals surface area contributed by atoms with Gasteiger partial charge in [0.1, 0.15) is 5.00 Å². The van der Waals surface area contributed by atoms with Gasteiger partial charge < -0.3 is 14.6 Å². The fourth-order valence-corrected chi connectivity index (χ4v) is 6.55. The fourth-order valence-electron chi connectivity index (χ4n) is 3.77. The Hall–Kier alpha value is -2.17. The maximum Gasteiger partial charge on any atom is 0.341 e. The quantitative estimate of drug-likeness (QED) is 0.325. The van der Waals surface area contributed by atoms with Crippen molar-refractivity contribution in [3.05, 3.63) is 33.5 Å². The van der Waals surface area contributed by atoms with E-state index in [4.69, 9.17) is 4.74 Å². The first-order chi connectivity index (χ1) is 15.6. The van der Waals surface area contributed by atoms with E-state index in [1.165, 1.54) is 28.0 Å². The Morgan fingerprint density at radius 3 is 2.84 bits per heavy atom. The molecule has 0 aromatic carbocycles. The number of thioether (sulfide) groups is 1. The summed E-state index contributed by atoms with van der Waals surface area (Å²) in [5, 5.41) is 15.0. The lowest BCUT2D eigenvalue weighted by atomic mass is 9.95. The van der Waals surface area contributed by atoms with Crippen LogP contribution in [0.5, 0.6) is 0 Å². The second-order valence-electron chi connectivity index (χ2n) is 7.41. The van der Waals surface area contributed by atoms with Crippen molar-refractivity contribution in [2.45, 2.75) is 57.7 Å². The molecular formula is C22H26N4O3S3. The number of nitrogens with zero attached hydrogens (tertiary/aromatic N) is 3. The topological polar surface area (TPSA) is 86.1 Å². The minimum Gasteiger partial charge on any atom is -0.462 e. The number of fused-ring (bicyclic) bond motifs is 1. The zero-order valence-electron chi connectivity index (χ0n) is 18.2. The molecular weight excluding hydrogens is 464 g/mol. The molecule has 0 saturated carbocycles. The standard InChI is InChI=1S/C22H26N4O3S3/c1-3-11-26-19(16-10-7-12-30-16)24-25-22(26)31-13-17(27)23-20-18(21(28)29-4-2)14-8-5-6-9-15(14)32-20/h7,10,12H,3-6,8-9,11,13H2,1-2H3,(H,23,27). The van der Waals surface area contributed by atoms with Crippen molar-refractivity contribution in [2.75, 3.05) is 17.7 Å². The molecule has 0 spiro atoms. The van der Waals surface area contributed by atoms with Crippen LogP contribution in [0.3, 0.4) is 0 Å². The summed E-state index contributed by atoms with van der Waals surface area (Å²) in [5.41, 5.74) is 1.59. The van der Waals surface area contributed by atoms with Gasteiger partial charge in [-0.25, -0.2) is 4.79 Å². The number of nitrogens with one attached hydrogen (secondary N) is 1. The number of esters is 1. The second-order valence-corrected chi connectivity index (χ2v) is 10.4. The lowest BCUT2D eigenvalue weighted by Crippen LogP contribution is -2.17. The molecule has 0 radical (unpaired) electrons. The summed E-state index contributed by atoms with van der Waals surface area (Å²) < 4.78 is 7.34. The number of carbonyl (C=O) groups excluding carboxylic acids is 2. The number of thiophene rings is 2. The number of anilines is 1. The number of rotatable bonds is 9. The van der Waals surface area contributed by atoms with E-state index in [1.54, 1.807) is 18.3 Å². The zero-order valence-corrected chi connectivity index (χ0v) is 20.6. The number of carbonyl (C=O) groups is 2. The van der Waals surface area contributed by atoms with Gasteiger partial charge in [0.15, 0.2) is 11.0 Å². The van der Waals surface area contributed by atoms with Crippen LogP contribution in [0.1, 0.15) is 53.9 Å². The van der Waals surface area contributed by atoms with Gasteiger partial charge in [-0.3, -0.25) is 4.79 Å². The molecule has 170 valence electrons. The monoisotopic (exact) mass is 490 g/mol. The van der Waals surface area contributed by atoms with Crippen LogP contribution in [0.4, 0.5) is 5.00 Å². The normalized spacial score (nSPS) is 13.1. The van der Waals surface area contributed by atoms with E-state index >= 15 is 0 Å². The third-order valence-corrected chi connectivity index (χ3v) is 8.18. The summed E-state index contributed by atoms with van der Waals surface area (Å²) in [5.74, 6) is 0.512. The molecule has 0 fully saturated rings. The molecule has 1 aliphatic rings. The van der Waals surface area contributed by atoms with Crippen molar-refractivity contribution in [3.8, 4) is 10.7 Å². The van der Waals surface area contributed by atoms with Gasteiger partial charge in [0.2, 0.25) is 5.91 Å². The van der Waals surface area contributed by atoms with Gasteiger partial charge in [0.05, 0.1) is 22.8 Å². The Labute approximate surface area is 199 Å². The first-order valence-corrected chi connectivity index (χ1v) is 13.5. The molecule has 0 saturated heterocycles. The highest BCUT2D eigenvalue weighted by molar-refractivity contribution is 7.99. The highest BCUT2D eigenvalue weighted by atomic mass is 32.2. The zero-order chi connectivity index (χ0) is 22.5. The Morgan fingerprint density at radius 2 is 2.09 bits per heavy atom. The minimum absolute atomic E-state index is 0.164. The van der Waals surface area contributed by atoms with Gasteiger partial charge in [-0.2, -0.15) is 0 Å². The van der Waals surface area contributed by atoms with Gasteiger partial charge in [0.25, 0.3) is 0 Å². The van der Waals surface area contributed by atoms with Crippen molar-refractivity contribution in [2.24, 2.45) is 0 Å². The van der Waals surface area contributed by atoms with E-state index in [2.05, 4.69) is 27.0 Å². The lowest BCUT2D eigenvalue weighted by Gasteiger charge is -2.12. The first-order valence-electron chi connectivity index (χ1n) is 10.8. The highest BCUT2D eigenvalue weighted by Crippen LogP contribution is 2.38. The molecule has 0 atom stereocenters. The Bertz CT molecular complexity index is 1090. The van der Waals surface area contributed by atoms with Crippen molar-refractivity contribution in [1.82, 2.24) is 14.8 Å². The number of hydrogen-bond donors (Lipinski definition) is 1. The molecule has 1 amide bonds. The van der Waals surface area contributed by atoms with Crippen molar-refractivity contribution in [3.63, 3.8) is 0 Å². The van der Waals surface area contributed by atoms with E-state index in [0.717, 1.165) is 60.1 Å². The molecule has 3 heterocycles. The van der Waals surface area contributed by atoms with Gasteiger partial charge in [-0.15, -0.1) is 32.9 Å². The summed E-state index contributed by atoms with van der Waals surface area (Å²) in [7, 11) is 0. The molecule has 32 heavy (non-hydrogen) atoms. The molecule has 0 unspecified atom stereocenters. The Balaban J connectivity index is 1.48. The predicted molar refractivity (Wildman–Crippen MR) is 130 cm³/mol. The van der Waals surface area contributed by atoms with Gasteiger partial charge in [-0.05, 0) is 56.0 Å². The molecule has 0 aliphatic heterocycles. The molecule has 3 aromatic rings. The van der Waals surface area contributed by atoms with Crippen LogP contribution in [0, 0.1) is 0 Å². The van der Waals surface area contributed by atoms with Crippen LogP contribution >= 0.6 is 34.4 Å². The summed E-state index contributed by atoms with van der Waals surface area (Å²) in [6.07, 6.45) is 4.91. The third-order valence-electron chi connectivity index (χ3n) is 5.14. The highest BCUT2D eigenvalue weighted by Gasteiger charge is 2.27. The Kier molecular flexibility index (Phi) is 7.64. The average molecular weight is 491 g/mol. The maximum atomic E-state index is 12.8. The third kappa shape index (κ3) is 4.92. The number of amides is 1. The van der Waals surface area contributed by atoms with E-state index in [-0.39, 0.29) is 17.6 Å². The van der Waals surface area contributed by atoms with Gasteiger partial charge in [0, 0.05) is 11.4 Å². The number of aromatic nitrogens is 3. The fraction of sp³-hybridized carbons (Fsp3) is 0.455. The molecule has 0 bridgehead atoms. The molecule has 4 rings (SSSR count). The lowest BCUT2D eigenvalue weighted by molar-refractivity contribution is -0.113. The molecule has 10 heteroatoms. The summed E-state index contributed by atoms with van der Waals surface area (Å²) >= 11 is 4.49. The predicted octanol–water partition coefficient (Wildman–Crippen LogP) is 5.26. The van der Waals surface area contributed by atoms with Crippen LogP contribution in [0.15, 0.2) is 22.7 Å². The summed E-state index contributed by atoms with van der Waals surface area (Å²) in [6.45, 7) is 5.00. The second kappa shape index (κ2) is 10.6. The van der Waals surface area contributed by atoms with E-state index in [0.29, 0.717) is 17.2 Å². The van der Waals surface area contributed by atoms with Crippen molar-refractivity contribution < 1.29 is 14.3 Å². The average Bonchev–Trinajstić information content (AvgIpc) is 3.51. The van der Waals surface area contributed by atoms with E-state index < -0.39 is 0 Å². The van der Waals surface area contributed by atoms with Crippen LogP contribution in [-0.2, 0) is 28.9 Å². The maximum absolute atomic E-state index is 12.8. The smallest absolute Gasteiger partial charge is 0.341 e. The van der Waals surface area contributed by atoms with E-state index in [9.17, 15) is 9.59 Å². The van der Waals surface area contributed by atoms with Crippen LogP contribution < -0.4 is 5.32 Å². The van der Waals surface area contributed by atoms with Gasteiger partial charge in [-0.1, -0.05) is 24.8 Å². The first kappa shape index (κ1) is 23.0. The van der Waals surface area contributed by atoms with Crippen molar-refractivity contribution >= 4 is 51.3 Å². The molecule has 1 N–H and O–H groups in total. The van der Waals surface area contributed by atoms with Crippen LogP contribution in [0.2, 0.25) is 0 Å². The number of hydrogen-bond acceptors (Lipinski definition) is 8. The largest absolute Gasteiger partial charge is 0.462 e. The van der Waals surface area contributed by atoms with Crippen LogP contribution in [-0.4, -0.2) is 39.0 Å². The van der Waals surface area contributed by atoms with Crippen molar-refractivity contribution in [1.29, 1.82) is 0 Å². The Morgan fingerprint density at radius 1 is 1.25 bits per heavy atom. The summed E-state index contributed by atoms with van der Waals surface area (Å²) in [4.78, 5) is 27.6. The molecule has 3 aromatic heterocycles. The molecule has 7 nitrogen and oxygen atoms in total. The van der Waals surface area contributed by atoms with Crippen LogP contribution in [0.25, 0.3) is 10.7 Å². The number of ether oxygens (including phenoxy) is 1. The van der Waals surface area contributed by atoms with Gasteiger partial charge >= 0.3 is 5.97 Å². The number of aryl methyl sites for hydroxylation is 1. The van der Waals surface area contributed by atoms with E-state index in [1.807, 2.05) is 17.5 Å². The molecule has 1 aliphatic carbocycles.